The van der Waals surface area contributed by atoms with E-state index in [-0.39, 0.29) is 5.54 Å². The Balaban J connectivity index is 2.61. The number of nitrogens with one attached hydrogen (secondary N) is 1. The van der Waals surface area contributed by atoms with E-state index in [4.69, 9.17) is 4.74 Å². The van der Waals surface area contributed by atoms with Crippen molar-refractivity contribution in [2.75, 3.05) is 20.3 Å². The molecular weight excluding hydrogens is 234 g/mol. The van der Waals surface area contributed by atoms with Gasteiger partial charge in [0.25, 0.3) is 0 Å². The highest BCUT2D eigenvalue weighted by Gasteiger charge is 2.15. The monoisotopic (exact) mass is 263 g/mol. The fraction of sp³-hybridized carbons (Fsp3) is 0.647. The van der Waals surface area contributed by atoms with E-state index in [0.717, 1.165) is 26.0 Å². The van der Waals surface area contributed by atoms with Gasteiger partial charge in [-0.25, -0.2) is 0 Å². The van der Waals surface area contributed by atoms with E-state index in [2.05, 4.69) is 57.3 Å². The lowest BCUT2D eigenvalue weighted by Crippen LogP contribution is -2.39. The smallest absolute Gasteiger partial charge is 0.0465 e. The molecule has 0 radical (unpaired) electrons. The van der Waals surface area contributed by atoms with Gasteiger partial charge in [-0.3, -0.25) is 0 Å². The summed E-state index contributed by atoms with van der Waals surface area (Å²) in [7, 11) is 1.78. The standard InChI is InChI=1S/C17H29NO/c1-14-8-6-7-9-16(14)12-15(10-11-19-5)13-18-17(2,3)4/h6-9,15,18H,10-13H2,1-5H3. The summed E-state index contributed by atoms with van der Waals surface area (Å²) in [5.74, 6) is 0.625. The number of aryl methyl sites for hydroxylation is 1. The molecule has 0 aliphatic rings. The predicted molar refractivity (Wildman–Crippen MR) is 82.6 cm³/mol. The van der Waals surface area contributed by atoms with Crippen molar-refractivity contribution in [1.82, 2.24) is 5.32 Å². The zero-order valence-electron chi connectivity index (χ0n) is 13.1. The highest BCUT2D eigenvalue weighted by molar-refractivity contribution is 5.25. The lowest BCUT2D eigenvalue weighted by molar-refractivity contribution is 0.173. The molecule has 1 N–H and O–H groups in total. The van der Waals surface area contributed by atoms with Crippen LogP contribution in [0.25, 0.3) is 0 Å². The summed E-state index contributed by atoms with van der Waals surface area (Å²) >= 11 is 0. The molecule has 1 atom stereocenters. The van der Waals surface area contributed by atoms with Crippen LogP contribution in [0.1, 0.15) is 38.3 Å². The number of benzene rings is 1. The lowest BCUT2D eigenvalue weighted by atomic mass is 9.93. The molecule has 0 aliphatic heterocycles. The Labute approximate surface area is 118 Å². The topological polar surface area (TPSA) is 21.3 Å². The molecule has 0 aliphatic carbocycles. The molecular formula is C17H29NO. The Morgan fingerprint density at radius 1 is 1.21 bits per heavy atom. The Bertz CT molecular complexity index is 368. The lowest BCUT2D eigenvalue weighted by Gasteiger charge is -2.25. The Morgan fingerprint density at radius 2 is 1.89 bits per heavy atom. The van der Waals surface area contributed by atoms with Gasteiger partial charge in [-0.05, 0) is 64.1 Å². The number of methoxy groups -OCH3 is 1. The number of hydrogen-bond acceptors (Lipinski definition) is 2. The van der Waals surface area contributed by atoms with Gasteiger partial charge in [0.1, 0.15) is 0 Å². The number of rotatable bonds is 7. The highest BCUT2D eigenvalue weighted by Crippen LogP contribution is 2.16. The zero-order chi connectivity index (χ0) is 14.3. The molecule has 108 valence electrons. The molecule has 2 heteroatoms. The first-order valence-corrected chi connectivity index (χ1v) is 7.21. The van der Waals surface area contributed by atoms with Gasteiger partial charge in [-0.15, -0.1) is 0 Å². The zero-order valence-corrected chi connectivity index (χ0v) is 13.1. The molecule has 0 spiro atoms. The first-order valence-electron chi connectivity index (χ1n) is 7.21. The fourth-order valence-electron chi connectivity index (χ4n) is 2.16. The van der Waals surface area contributed by atoms with Gasteiger partial charge >= 0.3 is 0 Å². The van der Waals surface area contributed by atoms with E-state index in [9.17, 15) is 0 Å². The van der Waals surface area contributed by atoms with Crippen molar-refractivity contribution in [2.45, 2.75) is 46.1 Å². The summed E-state index contributed by atoms with van der Waals surface area (Å²) < 4.78 is 5.24. The molecule has 19 heavy (non-hydrogen) atoms. The van der Waals surface area contributed by atoms with Crippen LogP contribution < -0.4 is 5.32 Å². The van der Waals surface area contributed by atoms with Gasteiger partial charge in [-0.1, -0.05) is 24.3 Å². The van der Waals surface area contributed by atoms with Crippen molar-refractivity contribution >= 4 is 0 Å². The third-order valence-electron chi connectivity index (χ3n) is 3.42. The average molecular weight is 263 g/mol. The van der Waals surface area contributed by atoms with E-state index in [0.29, 0.717) is 5.92 Å². The van der Waals surface area contributed by atoms with E-state index >= 15 is 0 Å². The van der Waals surface area contributed by atoms with E-state index in [1.165, 1.54) is 11.1 Å². The first-order chi connectivity index (χ1) is 8.92. The van der Waals surface area contributed by atoms with Crippen LogP contribution in [0.2, 0.25) is 0 Å². The molecule has 0 heterocycles. The van der Waals surface area contributed by atoms with Crippen molar-refractivity contribution in [3.63, 3.8) is 0 Å². The van der Waals surface area contributed by atoms with E-state index in [1.54, 1.807) is 7.11 Å². The Hall–Kier alpha value is -0.860. The van der Waals surface area contributed by atoms with Crippen LogP contribution in [0.5, 0.6) is 0 Å². The minimum atomic E-state index is 0.178. The molecule has 0 bridgehead atoms. The summed E-state index contributed by atoms with van der Waals surface area (Å²) in [4.78, 5) is 0. The minimum Gasteiger partial charge on any atom is -0.385 e. The second kappa shape index (κ2) is 7.66. The van der Waals surface area contributed by atoms with Gasteiger partial charge in [0.2, 0.25) is 0 Å². The maximum atomic E-state index is 5.24. The van der Waals surface area contributed by atoms with Gasteiger partial charge in [0.15, 0.2) is 0 Å². The SMILES string of the molecule is COCCC(CNC(C)(C)C)Cc1ccccc1C. The molecule has 1 aromatic rings. The first kappa shape index (κ1) is 16.2. The van der Waals surface area contributed by atoms with Crippen LogP contribution in [-0.2, 0) is 11.2 Å². The van der Waals surface area contributed by atoms with Crippen molar-refractivity contribution in [3.8, 4) is 0 Å². The van der Waals surface area contributed by atoms with Crippen LogP contribution in [0.4, 0.5) is 0 Å². The molecule has 1 unspecified atom stereocenters. The summed E-state index contributed by atoms with van der Waals surface area (Å²) in [5, 5.41) is 3.62. The van der Waals surface area contributed by atoms with Gasteiger partial charge in [0.05, 0.1) is 0 Å². The van der Waals surface area contributed by atoms with E-state index in [1.807, 2.05) is 0 Å². The maximum absolute atomic E-state index is 5.24. The summed E-state index contributed by atoms with van der Waals surface area (Å²) in [6.45, 7) is 10.7. The van der Waals surface area contributed by atoms with Crippen LogP contribution in [-0.4, -0.2) is 25.8 Å². The molecule has 0 saturated carbocycles. The molecule has 2 nitrogen and oxygen atoms in total. The second-order valence-electron chi connectivity index (χ2n) is 6.41. The molecule has 0 aromatic heterocycles. The largest absolute Gasteiger partial charge is 0.385 e. The number of ether oxygens (including phenoxy) is 1. The van der Waals surface area contributed by atoms with Gasteiger partial charge in [0, 0.05) is 19.3 Å². The highest BCUT2D eigenvalue weighted by atomic mass is 16.5. The normalized spacial score (nSPS) is 13.5. The second-order valence-corrected chi connectivity index (χ2v) is 6.41. The molecule has 0 amide bonds. The van der Waals surface area contributed by atoms with Crippen molar-refractivity contribution in [1.29, 1.82) is 0 Å². The Morgan fingerprint density at radius 3 is 2.47 bits per heavy atom. The summed E-state index contributed by atoms with van der Waals surface area (Å²) in [5.41, 5.74) is 3.02. The third kappa shape index (κ3) is 6.74. The van der Waals surface area contributed by atoms with Crippen LogP contribution >= 0.6 is 0 Å². The molecule has 1 aromatic carbocycles. The maximum Gasteiger partial charge on any atom is 0.0465 e. The average Bonchev–Trinajstić information content (AvgIpc) is 2.34. The van der Waals surface area contributed by atoms with Crippen LogP contribution in [0, 0.1) is 12.8 Å². The molecule has 1 rings (SSSR count). The minimum absolute atomic E-state index is 0.178. The predicted octanol–water partition coefficient (Wildman–Crippen LogP) is 3.58. The number of hydrogen-bond donors (Lipinski definition) is 1. The fourth-order valence-corrected chi connectivity index (χ4v) is 2.16. The molecule has 0 saturated heterocycles. The van der Waals surface area contributed by atoms with Gasteiger partial charge in [-0.2, -0.15) is 0 Å². The van der Waals surface area contributed by atoms with Crippen molar-refractivity contribution in [2.24, 2.45) is 5.92 Å². The summed E-state index contributed by atoms with van der Waals surface area (Å²) in [6, 6.07) is 8.68. The summed E-state index contributed by atoms with van der Waals surface area (Å²) in [6.07, 6.45) is 2.23. The van der Waals surface area contributed by atoms with Crippen molar-refractivity contribution < 1.29 is 4.74 Å². The third-order valence-corrected chi connectivity index (χ3v) is 3.42. The van der Waals surface area contributed by atoms with Gasteiger partial charge < -0.3 is 10.1 Å². The van der Waals surface area contributed by atoms with Crippen LogP contribution in [0.3, 0.4) is 0 Å². The van der Waals surface area contributed by atoms with Crippen LogP contribution in [0.15, 0.2) is 24.3 Å². The van der Waals surface area contributed by atoms with Crippen molar-refractivity contribution in [3.05, 3.63) is 35.4 Å². The van der Waals surface area contributed by atoms with E-state index < -0.39 is 0 Å². The Kier molecular flexibility index (Phi) is 6.53. The molecule has 0 fully saturated rings. The quantitative estimate of drug-likeness (QED) is 0.812.